The molecule has 0 aliphatic heterocycles. The summed E-state index contributed by atoms with van der Waals surface area (Å²) in [5.74, 6) is -0.526. The van der Waals surface area contributed by atoms with Gasteiger partial charge in [-0.25, -0.2) is 9.59 Å². The Bertz CT molecular complexity index is 475. The van der Waals surface area contributed by atoms with Crippen LogP contribution in [0.2, 0.25) is 0 Å². The van der Waals surface area contributed by atoms with Crippen LogP contribution in [0.3, 0.4) is 0 Å². The molecule has 6 nitrogen and oxygen atoms in total. The Labute approximate surface area is 117 Å². The molecule has 1 amide bonds. The van der Waals surface area contributed by atoms with Crippen LogP contribution in [0.1, 0.15) is 26.3 Å². The second-order valence-corrected chi connectivity index (χ2v) is 5.41. The first-order valence-corrected chi connectivity index (χ1v) is 6.17. The lowest BCUT2D eigenvalue weighted by molar-refractivity contribution is -0.157. The Morgan fingerprint density at radius 2 is 1.80 bits per heavy atom. The number of aromatic hydroxyl groups is 1. The van der Waals surface area contributed by atoms with Gasteiger partial charge in [-0.05, 0) is 38.5 Å². The Morgan fingerprint density at radius 1 is 1.25 bits per heavy atom. The van der Waals surface area contributed by atoms with Crippen molar-refractivity contribution < 1.29 is 24.5 Å². The van der Waals surface area contributed by atoms with Gasteiger partial charge in [0.2, 0.25) is 0 Å². The van der Waals surface area contributed by atoms with Crippen molar-refractivity contribution in [1.29, 1.82) is 0 Å². The fourth-order valence-corrected chi connectivity index (χ4v) is 1.58. The summed E-state index contributed by atoms with van der Waals surface area (Å²) < 4.78 is 5.18. The molecular weight excluding hydrogens is 262 g/mol. The fraction of sp³-hybridized carbons (Fsp3) is 0.429. The number of esters is 1. The van der Waals surface area contributed by atoms with Crippen LogP contribution in [0, 0.1) is 0 Å². The Balaban J connectivity index is 2.81. The van der Waals surface area contributed by atoms with Gasteiger partial charge in [-0.1, -0.05) is 12.1 Å². The van der Waals surface area contributed by atoms with Gasteiger partial charge in [-0.3, -0.25) is 0 Å². The van der Waals surface area contributed by atoms with Crippen molar-refractivity contribution in [2.45, 2.75) is 38.8 Å². The van der Waals surface area contributed by atoms with E-state index in [9.17, 15) is 14.7 Å². The molecule has 0 spiro atoms. The van der Waals surface area contributed by atoms with Crippen molar-refractivity contribution in [3.05, 3.63) is 29.8 Å². The van der Waals surface area contributed by atoms with Gasteiger partial charge < -0.3 is 20.3 Å². The van der Waals surface area contributed by atoms with E-state index in [-0.39, 0.29) is 12.2 Å². The maximum Gasteiger partial charge on any atom is 0.405 e. The number of carbonyl (C=O) groups excluding carboxylic acids is 1. The fourth-order valence-electron chi connectivity index (χ4n) is 1.58. The van der Waals surface area contributed by atoms with Crippen LogP contribution in [0.25, 0.3) is 0 Å². The Kier molecular flexibility index (Phi) is 4.96. The predicted molar refractivity (Wildman–Crippen MR) is 72.6 cm³/mol. The van der Waals surface area contributed by atoms with E-state index in [1.165, 1.54) is 12.1 Å². The van der Waals surface area contributed by atoms with Crippen LogP contribution in [-0.4, -0.2) is 33.9 Å². The topological polar surface area (TPSA) is 95.9 Å². The zero-order valence-corrected chi connectivity index (χ0v) is 11.7. The van der Waals surface area contributed by atoms with Crippen LogP contribution >= 0.6 is 0 Å². The minimum Gasteiger partial charge on any atom is -0.508 e. The number of hydrogen-bond donors (Lipinski definition) is 3. The maximum absolute atomic E-state index is 12.0. The molecule has 0 aliphatic rings. The largest absolute Gasteiger partial charge is 0.508 e. The molecular formula is C14H19NO5. The van der Waals surface area contributed by atoms with E-state index >= 15 is 0 Å². The summed E-state index contributed by atoms with van der Waals surface area (Å²) in [6.07, 6.45) is -1.14. The van der Waals surface area contributed by atoms with E-state index in [0.717, 1.165) is 0 Å². The summed E-state index contributed by atoms with van der Waals surface area (Å²) in [5, 5.41) is 20.1. The average Bonchev–Trinajstić information content (AvgIpc) is 2.28. The summed E-state index contributed by atoms with van der Waals surface area (Å²) in [5.41, 5.74) is 0.0252. The normalized spacial score (nSPS) is 12.6. The number of phenols is 1. The van der Waals surface area contributed by atoms with E-state index in [1.54, 1.807) is 32.9 Å². The number of benzene rings is 1. The van der Waals surface area contributed by atoms with E-state index in [2.05, 4.69) is 5.32 Å². The van der Waals surface area contributed by atoms with Gasteiger partial charge in [0.15, 0.2) is 0 Å². The van der Waals surface area contributed by atoms with Crippen LogP contribution in [0.5, 0.6) is 5.75 Å². The number of carboxylic acid groups (broad SMARTS) is 1. The standard InChI is InChI=1S/C14H19NO5/c1-14(2,3)20-12(17)11(15-13(18)19)8-9-4-6-10(16)7-5-9/h4-7,11,15-16H,8H2,1-3H3,(H,18,19)/t11-/m0/s1. The molecule has 0 aromatic heterocycles. The molecule has 0 unspecified atom stereocenters. The maximum atomic E-state index is 12.0. The number of rotatable bonds is 4. The minimum atomic E-state index is -1.29. The number of nitrogens with one attached hydrogen (secondary N) is 1. The third-order valence-electron chi connectivity index (χ3n) is 2.37. The minimum absolute atomic E-state index is 0.105. The van der Waals surface area contributed by atoms with Crippen molar-refractivity contribution >= 4 is 12.1 Å². The molecule has 20 heavy (non-hydrogen) atoms. The summed E-state index contributed by atoms with van der Waals surface area (Å²) in [6.45, 7) is 5.13. The lowest BCUT2D eigenvalue weighted by Gasteiger charge is -2.24. The molecule has 1 atom stereocenters. The second kappa shape index (κ2) is 6.27. The molecule has 1 aromatic rings. The lowest BCUT2D eigenvalue weighted by Crippen LogP contribution is -2.45. The average molecular weight is 281 g/mol. The highest BCUT2D eigenvalue weighted by atomic mass is 16.6. The van der Waals surface area contributed by atoms with E-state index < -0.39 is 23.7 Å². The zero-order chi connectivity index (χ0) is 15.3. The van der Waals surface area contributed by atoms with Gasteiger partial charge in [0.25, 0.3) is 0 Å². The van der Waals surface area contributed by atoms with Gasteiger partial charge in [-0.2, -0.15) is 0 Å². The third-order valence-corrected chi connectivity index (χ3v) is 2.37. The van der Waals surface area contributed by atoms with Crippen LogP contribution in [0.4, 0.5) is 4.79 Å². The molecule has 3 N–H and O–H groups in total. The predicted octanol–water partition coefficient (Wildman–Crippen LogP) is 1.91. The molecule has 0 heterocycles. The summed E-state index contributed by atoms with van der Waals surface area (Å²) in [6, 6.07) is 5.20. The van der Waals surface area contributed by atoms with Gasteiger partial charge in [0.1, 0.15) is 17.4 Å². The van der Waals surface area contributed by atoms with Crippen LogP contribution in [0.15, 0.2) is 24.3 Å². The van der Waals surface area contributed by atoms with Gasteiger partial charge in [0.05, 0.1) is 0 Å². The first-order chi connectivity index (χ1) is 9.17. The van der Waals surface area contributed by atoms with Crippen molar-refractivity contribution in [3.8, 4) is 5.75 Å². The molecule has 0 bridgehead atoms. The summed E-state index contributed by atoms with van der Waals surface area (Å²) >= 11 is 0. The Hall–Kier alpha value is -2.24. The van der Waals surface area contributed by atoms with Crippen molar-refractivity contribution in [2.75, 3.05) is 0 Å². The van der Waals surface area contributed by atoms with Crippen LogP contribution in [-0.2, 0) is 16.0 Å². The molecule has 1 aromatic carbocycles. The highest BCUT2D eigenvalue weighted by molar-refractivity contribution is 5.81. The van der Waals surface area contributed by atoms with Gasteiger partial charge in [-0.15, -0.1) is 0 Å². The van der Waals surface area contributed by atoms with E-state index in [1.807, 2.05) is 0 Å². The van der Waals surface area contributed by atoms with Crippen molar-refractivity contribution in [3.63, 3.8) is 0 Å². The number of hydrogen-bond acceptors (Lipinski definition) is 4. The third kappa shape index (κ3) is 5.60. The highest BCUT2D eigenvalue weighted by Gasteiger charge is 2.26. The smallest absolute Gasteiger partial charge is 0.405 e. The molecule has 0 radical (unpaired) electrons. The van der Waals surface area contributed by atoms with E-state index in [4.69, 9.17) is 9.84 Å². The molecule has 6 heteroatoms. The zero-order valence-electron chi connectivity index (χ0n) is 11.7. The van der Waals surface area contributed by atoms with Crippen LogP contribution < -0.4 is 5.32 Å². The first-order valence-electron chi connectivity index (χ1n) is 6.17. The molecule has 110 valence electrons. The summed E-state index contributed by atoms with van der Waals surface area (Å²) in [4.78, 5) is 22.7. The van der Waals surface area contributed by atoms with Crippen molar-refractivity contribution in [1.82, 2.24) is 5.32 Å². The quantitative estimate of drug-likeness (QED) is 0.733. The second-order valence-electron chi connectivity index (χ2n) is 5.41. The number of ether oxygens (including phenoxy) is 1. The molecule has 0 aliphatic carbocycles. The van der Waals surface area contributed by atoms with E-state index in [0.29, 0.717) is 5.56 Å². The molecule has 0 saturated carbocycles. The highest BCUT2D eigenvalue weighted by Crippen LogP contribution is 2.14. The Morgan fingerprint density at radius 3 is 2.25 bits per heavy atom. The number of amides is 1. The first kappa shape index (κ1) is 15.8. The molecule has 0 fully saturated rings. The number of phenolic OH excluding ortho intramolecular Hbond substituents is 1. The molecule has 0 saturated heterocycles. The monoisotopic (exact) mass is 281 g/mol. The van der Waals surface area contributed by atoms with Gasteiger partial charge in [0, 0.05) is 6.42 Å². The molecule has 1 rings (SSSR count). The van der Waals surface area contributed by atoms with Gasteiger partial charge >= 0.3 is 12.1 Å². The number of carbonyl (C=O) groups is 2. The SMILES string of the molecule is CC(C)(C)OC(=O)[C@H](Cc1ccc(O)cc1)NC(=O)O. The lowest BCUT2D eigenvalue weighted by atomic mass is 10.1. The summed E-state index contributed by atoms with van der Waals surface area (Å²) in [7, 11) is 0. The van der Waals surface area contributed by atoms with Crippen molar-refractivity contribution in [2.24, 2.45) is 0 Å².